The Morgan fingerprint density at radius 2 is 2.21 bits per heavy atom. The third-order valence-corrected chi connectivity index (χ3v) is 2.80. The van der Waals surface area contributed by atoms with Crippen molar-refractivity contribution in [1.82, 2.24) is 0 Å². The largest absolute Gasteiger partial charge is 0.508 e. The molecule has 0 aliphatic carbocycles. The minimum absolute atomic E-state index is 0.0458. The first-order valence-electron chi connectivity index (χ1n) is 5.63. The number of phenols is 1. The molecular weight excluding hydrogens is 254 g/mol. The molecule has 0 unspecified atom stereocenters. The van der Waals surface area contributed by atoms with Crippen LogP contribution in [0.25, 0.3) is 0 Å². The lowest BCUT2D eigenvalue weighted by molar-refractivity contribution is -0.385. The first-order chi connectivity index (χ1) is 8.89. The number of ether oxygens (including phenoxy) is 2. The summed E-state index contributed by atoms with van der Waals surface area (Å²) in [5, 5.41) is 20.0. The lowest BCUT2D eigenvalue weighted by Crippen LogP contribution is -2.44. The number of nitro benzene ring substituents is 1. The van der Waals surface area contributed by atoms with E-state index in [2.05, 4.69) is 0 Å². The molecule has 102 valence electrons. The molecule has 2 rings (SSSR count). The topological polar surface area (TPSA) is 98.9 Å². The van der Waals surface area contributed by atoms with E-state index in [1.165, 1.54) is 0 Å². The Hall–Kier alpha value is -2.15. The van der Waals surface area contributed by atoms with E-state index in [9.17, 15) is 20.0 Å². The van der Waals surface area contributed by atoms with Gasteiger partial charge < -0.3 is 14.6 Å². The van der Waals surface area contributed by atoms with Crippen LogP contribution in [0.4, 0.5) is 5.69 Å². The molecule has 0 bridgehead atoms. The summed E-state index contributed by atoms with van der Waals surface area (Å²) in [6.07, 6.45) is 0. The molecule has 1 N–H and O–H groups in total. The van der Waals surface area contributed by atoms with Gasteiger partial charge in [-0.25, -0.2) is 4.79 Å². The lowest BCUT2D eigenvalue weighted by Gasteiger charge is -2.37. The van der Waals surface area contributed by atoms with E-state index in [0.29, 0.717) is 13.2 Å². The Morgan fingerprint density at radius 1 is 1.53 bits per heavy atom. The Kier molecular flexibility index (Phi) is 3.39. The van der Waals surface area contributed by atoms with Crippen LogP contribution in [0, 0.1) is 15.5 Å². The highest BCUT2D eigenvalue weighted by atomic mass is 16.6. The van der Waals surface area contributed by atoms with Crippen molar-refractivity contribution in [2.24, 2.45) is 5.41 Å². The van der Waals surface area contributed by atoms with Crippen molar-refractivity contribution in [2.45, 2.75) is 6.92 Å². The number of benzene rings is 1. The summed E-state index contributed by atoms with van der Waals surface area (Å²) < 4.78 is 10.1. The molecule has 1 aliphatic heterocycles. The molecule has 0 amide bonds. The van der Waals surface area contributed by atoms with Gasteiger partial charge >= 0.3 is 5.97 Å². The van der Waals surface area contributed by atoms with Crippen LogP contribution < -0.4 is 0 Å². The number of nitrogens with zero attached hydrogens (tertiary/aromatic N) is 1. The van der Waals surface area contributed by atoms with Gasteiger partial charge in [0.1, 0.15) is 12.4 Å². The van der Waals surface area contributed by atoms with Gasteiger partial charge in [-0.15, -0.1) is 0 Å². The van der Waals surface area contributed by atoms with Crippen LogP contribution in [0.2, 0.25) is 0 Å². The van der Waals surface area contributed by atoms with E-state index in [0.717, 1.165) is 18.2 Å². The molecule has 7 nitrogen and oxygen atoms in total. The summed E-state index contributed by atoms with van der Waals surface area (Å²) in [5.41, 5.74) is -0.598. The van der Waals surface area contributed by atoms with Crippen molar-refractivity contribution in [3.05, 3.63) is 33.9 Å². The standard InChI is InChI=1S/C12H13NO6/c1-12(5-18-6-12)7-19-11(15)8-2-9(13(16)17)4-10(14)3-8/h2-4,14H,5-7H2,1H3. The van der Waals surface area contributed by atoms with Gasteiger partial charge in [0.05, 0.1) is 29.8 Å². The first-order valence-corrected chi connectivity index (χ1v) is 5.63. The Labute approximate surface area is 108 Å². The molecule has 1 aromatic carbocycles. The zero-order chi connectivity index (χ0) is 14.0. The predicted molar refractivity (Wildman–Crippen MR) is 64.0 cm³/mol. The molecule has 1 saturated heterocycles. The van der Waals surface area contributed by atoms with E-state index >= 15 is 0 Å². The van der Waals surface area contributed by atoms with Crippen LogP contribution in [0.3, 0.4) is 0 Å². The molecule has 1 aliphatic rings. The third kappa shape index (κ3) is 3.00. The maximum Gasteiger partial charge on any atom is 0.338 e. The Bertz CT molecular complexity index is 523. The van der Waals surface area contributed by atoms with Gasteiger partial charge in [0.15, 0.2) is 0 Å². The van der Waals surface area contributed by atoms with Crippen LogP contribution in [0.15, 0.2) is 18.2 Å². The monoisotopic (exact) mass is 267 g/mol. The van der Waals surface area contributed by atoms with Crippen LogP contribution in [0.5, 0.6) is 5.75 Å². The molecule has 1 heterocycles. The molecule has 7 heteroatoms. The van der Waals surface area contributed by atoms with Crippen LogP contribution >= 0.6 is 0 Å². The second-order valence-electron chi connectivity index (χ2n) is 4.87. The molecule has 1 fully saturated rings. The fourth-order valence-electron chi connectivity index (χ4n) is 1.68. The van der Waals surface area contributed by atoms with Gasteiger partial charge in [-0.2, -0.15) is 0 Å². The predicted octanol–water partition coefficient (Wildman–Crippen LogP) is 1.49. The number of non-ortho nitro benzene ring substituents is 1. The van der Waals surface area contributed by atoms with E-state index in [4.69, 9.17) is 9.47 Å². The van der Waals surface area contributed by atoms with Gasteiger partial charge in [-0.3, -0.25) is 10.1 Å². The molecule has 19 heavy (non-hydrogen) atoms. The number of hydrogen-bond donors (Lipinski definition) is 1. The van der Waals surface area contributed by atoms with E-state index in [1.54, 1.807) is 0 Å². The van der Waals surface area contributed by atoms with Gasteiger partial charge in [-0.05, 0) is 6.07 Å². The SMILES string of the molecule is CC1(COC(=O)c2cc(O)cc([N+](=O)[O-])c2)COC1. The summed E-state index contributed by atoms with van der Waals surface area (Å²) >= 11 is 0. The number of hydrogen-bond acceptors (Lipinski definition) is 6. The van der Waals surface area contributed by atoms with E-state index in [-0.39, 0.29) is 29.0 Å². The van der Waals surface area contributed by atoms with Crippen LogP contribution in [-0.2, 0) is 9.47 Å². The number of nitro groups is 1. The van der Waals surface area contributed by atoms with Gasteiger partial charge in [0.2, 0.25) is 0 Å². The summed E-state index contributed by atoms with van der Waals surface area (Å²) in [6.45, 7) is 3.12. The van der Waals surface area contributed by atoms with Crippen molar-refractivity contribution in [1.29, 1.82) is 0 Å². The normalized spacial score (nSPS) is 16.5. The maximum absolute atomic E-state index is 11.8. The molecule has 0 aromatic heterocycles. The number of carbonyl (C=O) groups excluding carboxylic acids is 1. The number of esters is 1. The van der Waals surface area contributed by atoms with Crippen molar-refractivity contribution in [3.63, 3.8) is 0 Å². The lowest BCUT2D eigenvalue weighted by atomic mass is 9.90. The highest BCUT2D eigenvalue weighted by Gasteiger charge is 2.35. The fourth-order valence-corrected chi connectivity index (χ4v) is 1.68. The van der Waals surface area contributed by atoms with Gasteiger partial charge in [0, 0.05) is 11.5 Å². The summed E-state index contributed by atoms with van der Waals surface area (Å²) in [4.78, 5) is 21.7. The van der Waals surface area contributed by atoms with E-state index < -0.39 is 10.9 Å². The van der Waals surface area contributed by atoms with Crippen LogP contribution in [-0.4, -0.2) is 35.8 Å². The minimum atomic E-state index is -0.702. The summed E-state index contributed by atoms with van der Waals surface area (Å²) in [6, 6.07) is 3.18. The van der Waals surface area contributed by atoms with Gasteiger partial charge in [0.25, 0.3) is 5.69 Å². The van der Waals surface area contributed by atoms with Gasteiger partial charge in [-0.1, -0.05) is 6.92 Å². The maximum atomic E-state index is 11.8. The number of rotatable bonds is 4. The minimum Gasteiger partial charge on any atom is -0.508 e. The van der Waals surface area contributed by atoms with Crippen molar-refractivity contribution < 1.29 is 24.3 Å². The summed E-state index contributed by atoms with van der Waals surface area (Å²) in [7, 11) is 0. The number of phenolic OH excluding ortho intramolecular Hbond substituents is 1. The smallest absolute Gasteiger partial charge is 0.338 e. The zero-order valence-electron chi connectivity index (χ0n) is 10.3. The molecule has 0 radical (unpaired) electrons. The Balaban J connectivity index is 2.08. The van der Waals surface area contributed by atoms with Crippen molar-refractivity contribution in [2.75, 3.05) is 19.8 Å². The van der Waals surface area contributed by atoms with Crippen molar-refractivity contribution >= 4 is 11.7 Å². The second kappa shape index (κ2) is 4.85. The summed E-state index contributed by atoms with van der Waals surface area (Å²) in [5.74, 6) is -1.05. The Morgan fingerprint density at radius 3 is 2.74 bits per heavy atom. The molecule has 0 atom stereocenters. The molecule has 0 saturated carbocycles. The fraction of sp³-hybridized carbons (Fsp3) is 0.417. The first kappa shape index (κ1) is 13.3. The third-order valence-electron chi connectivity index (χ3n) is 2.80. The highest BCUT2D eigenvalue weighted by Crippen LogP contribution is 2.27. The quantitative estimate of drug-likeness (QED) is 0.504. The average Bonchev–Trinajstić information content (AvgIpc) is 2.32. The molecular formula is C12H13NO6. The number of carbonyl (C=O) groups is 1. The zero-order valence-corrected chi connectivity index (χ0v) is 10.3. The highest BCUT2D eigenvalue weighted by molar-refractivity contribution is 5.90. The molecule has 0 spiro atoms. The van der Waals surface area contributed by atoms with Crippen molar-refractivity contribution in [3.8, 4) is 5.75 Å². The van der Waals surface area contributed by atoms with Crippen LogP contribution in [0.1, 0.15) is 17.3 Å². The number of aromatic hydroxyl groups is 1. The van der Waals surface area contributed by atoms with E-state index in [1.807, 2.05) is 6.92 Å². The average molecular weight is 267 g/mol. The molecule has 1 aromatic rings. The second-order valence-corrected chi connectivity index (χ2v) is 4.87.